The van der Waals surface area contributed by atoms with E-state index < -0.39 is 0 Å². The molecule has 1 aliphatic carbocycles. The molecule has 4 atom stereocenters. The minimum atomic E-state index is -0.224. The lowest BCUT2D eigenvalue weighted by Gasteiger charge is -2.37. The van der Waals surface area contributed by atoms with Crippen LogP contribution in [0.3, 0.4) is 0 Å². The van der Waals surface area contributed by atoms with Crippen molar-refractivity contribution in [2.75, 3.05) is 26.2 Å². The Bertz CT molecular complexity index is 747. The number of carbonyl (C=O) groups is 2. The molecule has 166 valence electrons. The van der Waals surface area contributed by atoms with Crippen LogP contribution in [0.15, 0.2) is 24.3 Å². The highest BCUT2D eigenvalue weighted by molar-refractivity contribution is 5.94. The maximum absolute atomic E-state index is 13.0. The lowest BCUT2D eigenvalue weighted by atomic mass is 9.67. The Labute approximate surface area is 185 Å². The van der Waals surface area contributed by atoms with Crippen LogP contribution in [0.25, 0.3) is 0 Å². The van der Waals surface area contributed by atoms with E-state index >= 15 is 0 Å². The smallest absolute Gasteiger partial charge is 0.254 e. The second kappa shape index (κ2) is 9.67. The van der Waals surface area contributed by atoms with Gasteiger partial charge in [-0.2, -0.15) is 0 Å². The molecular weight excluding hydrogens is 402 g/mol. The maximum atomic E-state index is 13.0. The van der Waals surface area contributed by atoms with E-state index in [4.69, 9.17) is 4.74 Å². The highest BCUT2D eigenvalue weighted by Crippen LogP contribution is 2.43. The fourth-order valence-electron chi connectivity index (χ4n) is 5.34. The van der Waals surface area contributed by atoms with Gasteiger partial charge in [0.2, 0.25) is 5.91 Å². The summed E-state index contributed by atoms with van der Waals surface area (Å²) in [6.45, 7) is 7.51. The van der Waals surface area contributed by atoms with Gasteiger partial charge in [0.05, 0.1) is 17.6 Å². The number of hydrogen-bond acceptors (Lipinski definition) is 4. The Morgan fingerprint density at radius 3 is 2.57 bits per heavy atom. The van der Waals surface area contributed by atoms with Crippen LogP contribution in [-0.2, 0) is 16.1 Å². The van der Waals surface area contributed by atoms with Crippen molar-refractivity contribution in [3.05, 3.63) is 35.4 Å². The third-order valence-electron chi connectivity index (χ3n) is 6.85. The number of benzene rings is 1. The van der Waals surface area contributed by atoms with Gasteiger partial charge in [0.1, 0.15) is 0 Å². The molecule has 1 aromatic rings. The molecule has 2 heterocycles. The van der Waals surface area contributed by atoms with Crippen molar-refractivity contribution in [3.8, 4) is 0 Å². The minimum absolute atomic E-state index is 0. The van der Waals surface area contributed by atoms with E-state index in [1.165, 1.54) is 6.42 Å². The van der Waals surface area contributed by atoms with Gasteiger partial charge in [0, 0.05) is 31.7 Å². The van der Waals surface area contributed by atoms with E-state index in [9.17, 15) is 9.59 Å². The highest BCUT2D eigenvalue weighted by Gasteiger charge is 2.49. The first-order valence-corrected chi connectivity index (χ1v) is 11.0. The molecule has 7 heteroatoms. The maximum Gasteiger partial charge on any atom is 0.254 e. The molecule has 1 aromatic carbocycles. The molecule has 0 bridgehead atoms. The Morgan fingerprint density at radius 1 is 1.17 bits per heavy atom. The van der Waals surface area contributed by atoms with Crippen LogP contribution >= 0.6 is 12.4 Å². The van der Waals surface area contributed by atoms with Crippen LogP contribution in [-0.4, -0.2) is 55.1 Å². The second-order valence-electron chi connectivity index (χ2n) is 9.08. The van der Waals surface area contributed by atoms with Crippen LogP contribution in [0.1, 0.15) is 55.5 Å². The summed E-state index contributed by atoms with van der Waals surface area (Å²) in [7, 11) is 0. The number of ether oxygens (including phenoxy) is 1. The second-order valence-corrected chi connectivity index (χ2v) is 9.08. The Kier molecular flexibility index (Phi) is 7.43. The summed E-state index contributed by atoms with van der Waals surface area (Å²) < 4.78 is 5.72. The van der Waals surface area contributed by atoms with Gasteiger partial charge in [-0.15, -0.1) is 12.4 Å². The predicted octanol–water partition coefficient (Wildman–Crippen LogP) is 2.75. The van der Waals surface area contributed by atoms with Gasteiger partial charge in [0.25, 0.3) is 5.91 Å². The number of hydrogen-bond donors (Lipinski definition) is 2. The zero-order valence-electron chi connectivity index (χ0n) is 18.0. The summed E-state index contributed by atoms with van der Waals surface area (Å²) in [5.41, 5.74) is 1.48. The average molecular weight is 436 g/mol. The molecule has 4 rings (SSSR count). The van der Waals surface area contributed by atoms with Crippen molar-refractivity contribution >= 4 is 24.2 Å². The number of amides is 2. The highest BCUT2D eigenvalue weighted by atomic mass is 35.5. The van der Waals surface area contributed by atoms with Crippen molar-refractivity contribution < 1.29 is 14.3 Å². The third kappa shape index (κ3) is 4.66. The molecule has 0 spiro atoms. The van der Waals surface area contributed by atoms with E-state index in [-0.39, 0.29) is 41.8 Å². The number of nitrogens with one attached hydrogen (secondary N) is 2. The Morgan fingerprint density at radius 2 is 1.87 bits per heavy atom. The summed E-state index contributed by atoms with van der Waals surface area (Å²) in [6, 6.07) is 7.63. The molecule has 0 aromatic heterocycles. The van der Waals surface area contributed by atoms with Gasteiger partial charge in [-0.05, 0) is 56.8 Å². The minimum Gasteiger partial charge on any atom is -0.372 e. The van der Waals surface area contributed by atoms with Crippen molar-refractivity contribution in [2.24, 2.45) is 11.3 Å². The monoisotopic (exact) mass is 435 g/mol. The molecule has 1 saturated carbocycles. The molecule has 2 aliphatic heterocycles. The number of carbonyl (C=O) groups excluding carboxylic acids is 2. The van der Waals surface area contributed by atoms with Crippen molar-refractivity contribution in [2.45, 2.75) is 58.3 Å². The first-order chi connectivity index (χ1) is 14.0. The molecule has 0 radical (unpaired) electrons. The summed E-state index contributed by atoms with van der Waals surface area (Å²) in [5.74, 6) is 0.696. The van der Waals surface area contributed by atoms with Gasteiger partial charge >= 0.3 is 0 Å². The normalized spacial score (nSPS) is 30.9. The fraction of sp³-hybridized carbons (Fsp3) is 0.652. The van der Waals surface area contributed by atoms with E-state index in [0.29, 0.717) is 31.1 Å². The van der Waals surface area contributed by atoms with Crippen molar-refractivity contribution in [1.29, 1.82) is 0 Å². The predicted molar refractivity (Wildman–Crippen MR) is 119 cm³/mol. The molecule has 2 amide bonds. The summed E-state index contributed by atoms with van der Waals surface area (Å²) in [6.07, 6.45) is 4.63. The van der Waals surface area contributed by atoms with Gasteiger partial charge in [-0.1, -0.05) is 25.0 Å². The van der Waals surface area contributed by atoms with Crippen LogP contribution in [0.4, 0.5) is 0 Å². The van der Waals surface area contributed by atoms with Crippen LogP contribution in [0, 0.1) is 11.3 Å². The molecule has 30 heavy (non-hydrogen) atoms. The topological polar surface area (TPSA) is 70.7 Å². The van der Waals surface area contributed by atoms with Crippen LogP contribution in [0.2, 0.25) is 0 Å². The van der Waals surface area contributed by atoms with Gasteiger partial charge in [-0.25, -0.2) is 0 Å². The molecule has 3 aliphatic rings. The molecule has 6 nitrogen and oxygen atoms in total. The number of fused-ring (bicyclic) bond motifs is 1. The van der Waals surface area contributed by atoms with Crippen LogP contribution < -0.4 is 10.6 Å². The lowest BCUT2D eigenvalue weighted by Crippen LogP contribution is -2.48. The van der Waals surface area contributed by atoms with Crippen molar-refractivity contribution in [1.82, 2.24) is 15.5 Å². The molecular formula is C23H34ClN3O3. The number of halogens is 1. The van der Waals surface area contributed by atoms with Gasteiger partial charge < -0.3 is 20.3 Å². The lowest BCUT2D eigenvalue weighted by molar-refractivity contribution is -0.134. The van der Waals surface area contributed by atoms with Gasteiger partial charge in [0.15, 0.2) is 0 Å². The molecule has 2 saturated heterocycles. The fourth-order valence-corrected chi connectivity index (χ4v) is 5.34. The molecule has 3 fully saturated rings. The summed E-state index contributed by atoms with van der Waals surface area (Å²) >= 11 is 0. The Hall–Kier alpha value is -1.63. The first kappa shape index (κ1) is 23.0. The largest absolute Gasteiger partial charge is 0.372 e. The first-order valence-electron chi connectivity index (χ1n) is 11.0. The third-order valence-corrected chi connectivity index (χ3v) is 6.85. The number of rotatable bonds is 4. The SMILES string of the molecule is CC1CN(C(=O)c2ccc(CNC(=O)[C@@]34CCCC[C@H]3CNC4)cc2)CC(C)O1.Cl. The van der Waals surface area contributed by atoms with Crippen molar-refractivity contribution in [3.63, 3.8) is 0 Å². The zero-order chi connectivity index (χ0) is 20.4. The van der Waals surface area contributed by atoms with Gasteiger partial charge in [-0.3, -0.25) is 9.59 Å². The number of morpholine rings is 1. The quantitative estimate of drug-likeness (QED) is 0.762. The summed E-state index contributed by atoms with van der Waals surface area (Å²) in [4.78, 5) is 27.7. The standard InChI is InChI=1S/C23H33N3O3.ClH/c1-16-13-26(14-17(2)29-16)21(27)19-8-6-18(7-9-19)11-25-22(28)23-10-4-3-5-20(23)12-24-15-23;/h6-9,16-17,20,24H,3-5,10-15H2,1-2H3,(H,25,28);1H/t16?,17?,20-,23+;/m0./s1. The Balaban J connectivity index is 0.00000256. The van der Waals surface area contributed by atoms with E-state index in [0.717, 1.165) is 37.9 Å². The molecule has 2 N–H and O–H groups in total. The van der Waals surface area contributed by atoms with E-state index in [1.807, 2.05) is 43.0 Å². The summed E-state index contributed by atoms with van der Waals surface area (Å²) in [5, 5.41) is 6.59. The average Bonchev–Trinajstić information content (AvgIpc) is 3.16. The zero-order valence-corrected chi connectivity index (χ0v) is 18.8. The van der Waals surface area contributed by atoms with Crippen LogP contribution in [0.5, 0.6) is 0 Å². The van der Waals surface area contributed by atoms with E-state index in [1.54, 1.807) is 0 Å². The number of nitrogens with zero attached hydrogens (tertiary/aromatic N) is 1. The van der Waals surface area contributed by atoms with E-state index in [2.05, 4.69) is 10.6 Å². The molecule has 2 unspecified atom stereocenters.